The molecule has 39 heavy (non-hydrogen) atoms. The van der Waals surface area contributed by atoms with Gasteiger partial charge in [-0.1, -0.05) is 78.9 Å². The van der Waals surface area contributed by atoms with Gasteiger partial charge < -0.3 is 9.47 Å². The molecule has 184 valence electrons. The number of para-hydroxylation sites is 3. The number of nitrogens with zero attached hydrogens (tertiary/aromatic N) is 2. The fourth-order valence-corrected chi connectivity index (χ4v) is 6.92. The van der Waals surface area contributed by atoms with Crippen LogP contribution in [0, 0.1) is 0 Å². The molecule has 6 aromatic carbocycles. The first-order valence-corrected chi connectivity index (χ1v) is 14.0. The Kier molecular flexibility index (Phi) is 5.04. The van der Waals surface area contributed by atoms with Gasteiger partial charge in [-0.15, -0.1) is 11.3 Å². The van der Waals surface area contributed by atoms with Crippen molar-refractivity contribution < 1.29 is 0 Å². The lowest BCUT2D eigenvalue weighted by atomic mass is 10.1. The summed E-state index contributed by atoms with van der Waals surface area (Å²) in [6.45, 7) is 0. The molecule has 0 aliphatic rings. The van der Waals surface area contributed by atoms with Crippen molar-refractivity contribution in [2.75, 3.05) is 4.90 Å². The van der Waals surface area contributed by atoms with Crippen molar-refractivity contribution >= 4 is 70.4 Å². The fraction of sp³-hybridized carbons (Fsp3) is 0. The summed E-state index contributed by atoms with van der Waals surface area (Å²) < 4.78 is 5.02. The molecule has 8 aromatic rings. The molecule has 2 aromatic heterocycles. The van der Waals surface area contributed by atoms with Crippen LogP contribution >= 0.6 is 11.3 Å². The van der Waals surface area contributed by atoms with Crippen LogP contribution in [0.15, 0.2) is 146 Å². The van der Waals surface area contributed by atoms with Crippen LogP contribution in [0.4, 0.5) is 17.1 Å². The first-order chi connectivity index (χ1) is 19.3. The number of rotatable bonds is 4. The van der Waals surface area contributed by atoms with Gasteiger partial charge >= 0.3 is 0 Å². The number of benzene rings is 6. The molecule has 2 nitrogen and oxygen atoms in total. The molecule has 0 atom stereocenters. The van der Waals surface area contributed by atoms with Crippen molar-refractivity contribution in [1.29, 1.82) is 0 Å². The first kappa shape index (κ1) is 22.2. The van der Waals surface area contributed by atoms with E-state index in [1.165, 1.54) is 47.7 Å². The van der Waals surface area contributed by atoms with E-state index in [1.54, 1.807) is 0 Å². The maximum absolute atomic E-state index is 2.38. The summed E-state index contributed by atoms with van der Waals surface area (Å²) in [6.07, 6.45) is 0. The number of hydrogen-bond acceptors (Lipinski definition) is 2. The monoisotopic (exact) mass is 516 g/mol. The van der Waals surface area contributed by atoms with E-state index in [1.807, 2.05) is 11.3 Å². The smallest absolute Gasteiger partial charge is 0.0561 e. The molecule has 0 saturated carbocycles. The normalized spacial score (nSPS) is 11.6. The van der Waals surface area contributed by atoms with Crippen LogP contribution in [-0.4, -0.2) is 4.57 Å². The number of anilines is 3. The van der Waals surface area contributed by atoms with Gasteiger partial charge in [-0.05, 0) is 66.7 Å². The van der Waals surface area contributed by atoms with Crippen molar-refractivity contribution in [3.63, 3.8) is 0 Å². The SMILES string of the molecule is c1ccc(N(c2ccc3sc4ccccc4c3c2)c2ccc3c4ccccc4n(-c4ccccc4)c3c2)cc1. The molecule has 0 aliphatic carbocycles. The first-order valence-electron chi connectivity index (χ1n) is 13.2. The highest BCUT2D eigenvalue weighted by Gasteiger charge is 2.18. The molecule has 3 heteroatoms. The van der Waals surface area contributed by atoms with E-state index < -0.39 is 0 Å². The zero-order valence-electron chi connectivity index (χ0n) is 21.2. The second kappa shape index (κ2) is 8.87. The van der Waals surface area contributed by atoms with Crippen LogP contribution in [0.1, 0.15) is 0 Å². The van der Waals surface area contributed by atoms with E-state index in [9.17, 15) is 0 Å². The zero-order chi connectivity index (χ0) is 25.8. The third-order valence-corrected chi connectivity index (χ3v) is 8.71. The van der Waals surface area contributed by atoms with Gasteiger partial charge in [-0.3, -0.25) is 0 Å². The second-order valence-corrected chi connectivity index (χ2v) is 10.9. The number of fused-ring (bicyclic) bond motifs is 6. The van der Waals surface area contributed by atoms with Gasteiger partial charge in [0.05, 0.1) is 11.0 Å². The third kappa shape index (κ3) is 3.55. The summed E-state index contributed by atoms with van der Waals surface area (Å²) in [7, 11) is 0. The minimum Gasteiger partial charge on any atom is -0.310 e. The van der Waals surface area contributed by atoms with Gasteiger partial charge in [0.15, 0.2) is 0 Å². The Morgan fingerprint density at radius 2 is 1.03 bits per heavy atom. The third-order valence-electron chi connectivity index (χ3n) is 7.56. The van der Waals surface area contributed by atoms with Crippen LogP contribution < -0.4 is 4.90 Å². The number of aromatic nitrogens is 1. The number of hydrogen-bond donors (Lipinski definition) is 0. The standard InChI is InChI=1S/C36H24N2S/c1-3-11-25(12-4-1)37(27-20-22-36-32(23-27)31-16-8-10-18-35(31)39-36)28-19-21-30-29-15-7-9-17-33(29)38(34(30)24-28)26-13-5-2-6-14-26/h1-24H. The van der Waals surface area contributed by atoms with Crippen molar-refractivity contribution in [3.8, 4) is 5.69 Å². The lowest BCUT2D eigenvalue weighted by Gasteiger charge is -2.26. The van der Waals surface area contributed by atoms with Crippen LogP contribution in [-0.2, 0) is 0 Å². The molecular formula is C36H24N2S. The molecule has 0 unspecified atom stereocenters. The van der Waals surface area contributed by atoms with Crippen LogP contribution in [0.2, 0.25) is 0 Å². The van der Waals surface area contributed by atoms with Gasteiger partial charge in [0, 0.05) is 53.7 Å². The average molecular weight is 517 g/mol. The fourth-order valence-electron chi connectivity index (χ4n) is 5.83. The molecule has 0 aliphatic heterocycles. The van der Waals surface area contributed by atoms with Crippen molar-refractivity contribution in [3.05, 3.63) is 146 Å². The minimum absolute atomic E-state index is 1.13. The van der Waals surface area contributed by atoms with E-state index in [4.69, 9.17) is 0 Å². The molecular weight excluding hydrogens is 492 g/mol. The quantitative estimate of drug-likeness (QED) is 0.226. The van der Waals surface area contributed by atoms with E-state index >= 15 is 0 Å². The lowest BCUT2D eigenvalue weighted by Crippen LogP contribution is -2.09. The van der Waals surface area contributed by atoms with Gasteiger partial charge in [0.25, 0.3) is 0 Å². The van der Waals surface area contributed by atoms with Crippen molar-refractivity contribution in [2.24, 2.45) is 0 Å². The Morgan fingerprint density at radius 3 is 1.87 bits per heavy atom. The topological polar surface area (TPSA) is 8.17 Å². The van der Waals surface area contributed by atoms with Gasteiger partial charge in [0.1, 0.15) is 0 Å². The van der Waals surface area contributed by atoms with Crippen molar-refractivity contribution in [1.82, 2.24) is 4.57 Å². The van der Waals surface area contributed by atoms with Crippen LogP contribution in [0.3, 0.4) is 0 Å². The molecule has 2 heterocycles. The van der Waals surface area contributed by atoms with Gasteiger partial charge in [0.2, 0.25) is 0 Å². The molecule has 0 bridgehead atoms. The summed E-state index contributed by atoms with van der Waals surface area (Å²) in [5.74, 6) is 0. The summed E-state index contributed by atoms with van der Waals surface area (Å²) in [4.78, 5) is 2.37. The summed E-state index contributed by atoms with van der Waals surface area (Å²) in [5.41, 5.74) is 7.00. The molecule has 0 fully saturated rings. The lowest BCUT2D eigenvalue weighted by molar-refractivity contribution is 1.18. The zero-order valence-corrected chi connectivity index (χ0v) is 22.0. The molecule has 0 radical (unpaired) electrons. The molecule has 0 amide bonds. The van der Waals surface area contributed by atoms with E-state index in [-0.39, 0.29) is 0 Å². The Hall–Kier alpha value is -4.86. The highest BCUT2D eigenvalue weighted by atomic mass is 32.1. The Morgan fingerprint density at radius 1 is 0.410 bits per heavy atom. The van der Waals surface area contributed by atoms with E-state index in [2.05, 4.69) is 155 Å². The largest absolute Gasteiger partial charge is 0.310 e. The predicted molar refractivity (Wildman–Crippen MR) is 168 cm³/mol. The Bertz CT molecular complexity index is 2120. The summed E-state index contributed by atoms with van der Waals surface area (Å²) in [5, 5.41) is 5.13. The molecule has 0 saturated heterocycles. The minimum atomic E-state index is 1.13. The van der Waals surface area contributed by atoms with Crippen LogP contribution in [0.25, 0.3) is 47.7 Å². The molecule has 8 rings (SSSR count). The average Bonchev–Trinajstić information content (AvgIpc) is 3.53. The summed E-state index contributed by atoms with van der Waals surface area (Å²) in [6, 6.07) is 52.5. The predicted octanol–water partition coefficient (Wildman–Crippen LogP) is 10.6. The molecule has 0 spiro atoms. The van der Waals surface area contributed by atoms with Gasteiger partial charge in [-0.2, -0.15) is 0 Å². The van der Waals surface area contributed by atoms with Crippen molar-refractivity contribution in [2.45, 2.75) is 0 Å². The maximum Gasteiger partial charge on any atom is 0.0561 e. The van der Waals surface area contributed by atoms with E-state index in [0.29, 0.717) is 0 Å². The van der Waals surface area contributed by atoms with Crippen LogP contribution in [0.5, 0.6) is 0 Å². The highest BCUT2D eigenvalue weighted by molar-refractivity contribution is 7.25. The maximum atomic E-state index is 2.38. The summed E-state index contributed by atoms with van der Waals surface area (Å²) >= 11 is 1.86. The Balaban J connectivity index is 1.40. The number of thiophene rings is 1. The highest BCUT2D eigenvalue weighted by Crippen LogP contribution is 2.42. The van der Waals surface area contributed by atoms with Gasteiger partial charge in [-0.25, -0.2) is 0 Å². The van der Waals surface area contributed by atoms with E-state index in [0.717, 1.165) is 17.1 Å². The Labute approximate surface area is 230 Å². The molecule has 0 N–H and O–H groups in total. The second-order valence-electron chi connectivity index (χ2n) is 9.84.